The molecule has 3 aromatic rings. The van der Waals surface area contributed by atoms with E-state index in [1.165, 1.54) is 78.8 Å². The van der Waals surface area contributed by atoms with E-state index in [2.05, 4.69) is 73.7 Å². The van der Waals surface area contributed by atoms with Crippen molar-refractivity contribution in [1.29, 1.82) is 0 Å². The van der Waals surface area contributed by atoms with E-state index in [-0.39, 0.29) is 0 Å². The molecule has 0 atom stereocenters. The van der Waals surface area contributed by atoms with Crippen molar-refractivity contribution in [2.75, 3.05) is 0 Å². The number of allylic oxidation sites excluding steroid dienone is 2. The highest BCUT2D eigenvalue weighted by atomic mass is 14.3. The molecule has 144 valence electrons. The van der Waals surface area contributed by atoms with E-state index in [9.17, 15) is 0 Å². The molecule has 0 nitrogen and oxygen atoms in total. The van der Waals surface area contributed by atoms with Gasteiger partial charge >= 0.3 is 0 Å². The Labute approximate surface area is 170 Å². The van der Waals surface area contributed by atoms with Crippen LogP contribution in [-0.2, 0) is 6.42 Å². The predicted octanol–water partition coefficient (Wildman–Crippen LogP) is 8.45. The quantitative estimate of drug-likeness (QED) is 0.332. The van der Waals surface area contributed by atoms with Gasteiger partial charge in [-0.15, -0.1) is 0 Å². The van der Waals surface area contributed by atoms with Crippen LogP contribution in [-0.4, -0.2) is 0 Å². The maximum Gasteiger partial charge on any atom is -0.00106 e. The summed E-state index contributed by atoms with van der Waals surface area (Å²) in [4.78, 5) is 0. The lowest BCUT2D eigenvalue weighted by Crippen LogP contribution is -1.90. The normalized spacial score (nSPS) is 13.3. The molecular formula is C28H32. The topological polar surface area (TPSA) is 0 Å². The summed E-state index contributed by atoms with van der Waals surface area (Å²) in [6, 6.07) is 24.7. The molecule has 0 fully saturated rings. The van der Waals surface area contributed by atoms with E-state index < -0.39 is 0 Å². The first-order valence-corrected chi connectivity index (χ1v) is 11.2. The maximum absolute atomic E-state index is 2.34. The van der Waals surface area contributed by atoms with Gasteiger partial charge in [-0.2, -0.15) is 0 Å². The number of rotatable bonds is 9. The molecule has 0 spiro atoms. The number of fused-ring (bicyclic) bond motifs is 2. The molecular weight excluding hydrogens is 336 g/mol. The van der Waals surface area contributed by atoms with Gasteiger partial charge in [0.05, 0.1) is 0 Å². The van der Waals surface area contributed by atoms with Crippen LogP contribution in [0.2, 0.25) is 0 Å². The van der Waals surface area contributed by atoms with E-state index in [1.807, 2.05) is 0 Å². The number of hydrogen-bond acceptors (Lipinski definition) is 0. The third-order valence-corrected chi connectivity index (χ3v) is 6.22. The molecule has 0 bridgehead atoms. The van der Waals surface area contributed by atoms with Crippen molar-refractivity contribution in [2.45, 2.75) is 64.7 Å². The van der Waals surface area contributed by atoms with E-state index >= 15 is 0 Å². The minimum atomic E-state index is 1.08. The molecule has 0 saturated heterocycles. The van der Waals surface area contributed by atoms with Crippen molar-refractivity contribution in [3.63, 3.8) is 0 Å². The fraction of sp³-hybridized carbons (Fsp3) is 0.357. The van der Waals surface area contributed by atoms with Crippen molar-refractivity contribution >= 4 is 21.9 Å². The van der Waals surface area contributed by atoms with Crippen LogP contribution in [0.3, 0.4) is 0 Å². The Morgan fingerprint density at radius 2 is 1.32 bits per heavy atom. The highest BCUT2D eigenvalue weighted by molar-refractivity contribution is 6.04. The Bertz CT molecular complexity index is 955. The van der Waals surface area contributed by atoms with E-state index in [0.717, 1.165) is 6.42 Å². The summed E-state index contributed by atoms with van der Waals surface area (Å²) in [5.41, 5.74) is 7.59. The average Bonchev–Trinajstić information content (AvgIpc) is 3.11. The zero-order valence-electron chi connectivity index (χ0n) is 17.2. The molecule has 1 aliphatic carbocycles. The monoisotopic (exact) mass is 368 g/mol. The lowest BCUT2D eigenvalue weighted by atomic mass is 9.92. The second kappa shape index (κ2) is 9.24. The number of benzene rings is 3. The highest BCUT2D eigenvalue weighted by Gasteiger charge is 2.22. The minimum Gasteiger partial charge on any atom is -0.0654 e. The summed E-state index contributed by atoms with van der Waals surface area (Å²) < 4.78 is 0. The van der Waals surface area contributed by atoms with E-state index in [4.69, 9.17) is 0 Å². The first-order chi connectivity index (χ1) is 13.9. The number of hydrogen-bond donors (Lipinski definition) is 0. The van der Waals surface area contributed by atoms with Crippen LogP contribution < -0.4 is 0 Å². The standard InChI is InChI=1S/C28H32/c1-2-3-4-5-6-7-8-19-26-25-18-12-10-15-23(25)21-28(26)27-20-13-16-22-14-9-11-17-24(22)27/h9-18,20H,2-8,19,21H2,1H3. The second-order valence-electron chi connectivity index (χ2n) is 8.19. The van der Waals surface area contributed by atoms with Crippen LogP contribution in [0.25, 0.3) is 21.9 Å². The van der Waals surface area contributed by atoms with Crippen LogP contribution in [0.5, 0.6) is 0 Å². The van der Waals surface area contributed by atoms with Gasteiger partial charge in [-0.3, -0.25) is 0 Å². The van der Waals surface area contributed by atoms with Gasteiger partial charge < -0.3 is 0 Å². The van der Waals surface area contributed by atoms with Crippen LogP contribution >= 0.6 is 0 Å². The van der Waals surface area contributed by atoms with Crippen molar-refractivity contribution in [2.24, 2.45) is 0 Å². The Morgan fingerprint density at radius 1 is 0.643 bits per heavy atom. The van der Waals surface area contributed by atoms with Crippen LogP contribution in [0.4, 0.5) is 0 Å². The molecule has 0 radical (unpaired) electrons. The fourth-order valence-corrected chi connectivity index (χ4v) is 4.72. The van der Waals surface area contributed by atoms with Crippen LogP contribution in [0, 0.1) is 0 Å². The predicted molar refractivity (Wildman–Crippen MR) is 124 cm³/mol. The molecule has 0 aromatic heterocycles. The Kier molecular flexibility index (Phi) is 6.27. The fourth-order valence-electron chi connectivity index (χ4n) is 4.72. The third kappa shape index (κ3) is 4.07. The van der Waals surface area contributed by atoms with Crippen LogP contribution in [0.1, 0.15) is 75.0 Å². The lowest BCUT2D eigenvalue weighted by Gasteiger charge is -2.12. The van der Waals surface area contributed by atoms with Crippen LogP contribution in [0.15, 0.2) is 66.7 Å². The SMILES string of the molecule is CCCCCCCCCC1=C(c2cccc3ccccc23)Cc2ccccc21. The first-order valence-electron chi connectivity index (χ1n) is 11.2. The molecule has 0 N–H and O–H groups in total. The van der Waals surface area contributed by atoms with Crippen molar-refractivity contribution in [1.82, 2.24) is 0 Å². The van der Waals surface area contributed by atoms with Crippen molar-refractivity contribution in [3.8, 4) is 0 Å². The van der Waals surface area contributed by atoms with Gasteiger partial charge in [-0.05, 0) is 57.9 Å². The maximum atomic E-state index is 2.34. The molecule has 28 heavy (non-hydrogen) atoms. The highest BCUT2D eigenvalue weighted by Crippen LogP contribution is 2.42. The number of unbranched alkanes of at least 4 members (excludes halogenated alkanes) is 6. The first kappa shape index (κ1) is 19.0. The average molecular weight is 369 g/mol. The molecule has 0 heterocycles. The summed E-state index contributed by atoms with van der Waals surface area (Å²) in [6.07, 6.45) is 11.9. The Hall–Kier alpha value is -2.34. The van der Waals surface area contributed by atoms with Gasteiger partial charge in [0.1, 0.15) is 0 Å². The third-order valence-electron chi connectivity index (χ3n) is 6.22. The van der Waals surface area contributed by atoms with Gasteiger partial charge in [-0.25, -0.2) is 0 Å². The smallest absolute Gasteiger partial charge is 0.00106 e. The van der Waals surface area contributed by atoms with Gasteiger partial charge in [-0.1, -0.05) is 112 Å². The van der Waals surface area contributed by atoms with Crippen molar-refractivity contribution in [3.05, 3.63) is 83.4 Å². The lowest BCUT2D eigenvalue weighted by molar-refractivity contribution is 0.594. The summed E-state index contributed by atoms with van der Waals surface area (Å²) in [7, 11) is 0. The molecule has 0 heteroatoms. The summed E-state index contributed by atoms with van der Waals surface area (Å²) in [5.74, 6) is 0. The summed E-state index contributed by atoms with van der Waals surface area (Å²) >= 11 is 0. The largest absolute Gasteiger partial charge is 0.0654 e. The van der Waals surface area contributed by atoms with Gasteiger partial charge in [0.2, 0.25) is 0 Å². The van der Waals surface area contributed by atoms with E-state index in [1.54, 1.807) is 11.1 Å². The zero-order chi connectivity index (χ0) is 19.2. The molecule has 0 aliphatic heterocycles. The minimum absolute atomic E-state index is 1.08. The molecule has 1 aliphatic rings. The van der Waals surface area contributed by atoms with Crippen molar-refractivity contribution < 1.29 is 0 Å². The molecule has 0 unspecified atom stereocenters. The molecule has 4 rings (SSSR count). The molecule has 0 amide bonds. The Morgan fingerprint density at radius 3 is 2.21 bits per heavy atom. The molecule has 0 saturated carbocycles. The second-order valence-corrected chi connectivity index (χ2v) is 8.19. The van der Waals surface area contributed by atoms with Gasteiger partial charge in [0.15, 0.2) is 0 Å². The molecule has 3 aromatic carbocycles. The van der Waals surface area contributed by atoms with E-state index in [0.29, 0.717) is 0 Å². The van der Waals surface area contributed by atoms with Gasteiger partial charge in [0.25, 0.3) is 0 Å². The Balaban J connectivity index is 1.58. The summed E-state index contributed by atoms with van der Waals surface area (Å²) in [6.45, 7) is 2.29. The zero-order valence-corrected chi connectivity index (χ0v) is 17.2. The van der Waals surface area contributed by atoms with Gasteiger partial charge in [0, 0.05) is 0 Å². The summed E-state index contributed by atoms with van der Waals surface area (Å²) in [5, 5.41) is 2.74.